The van der Waals surface area contributed by atoms with Crippen LogP contribution in [0.2, 0.25) is 0 Å². The average molecular weight is 408 g/mol. The molecule has 0 bridgehead atoms. The van der Waals surface area contributed by atoms with Gasteiger partial charge in [0.25, 0.3) is 0 Å². The quantitative estimate of drug-likeness (QED) is 0.342. The number of para-hydroxylation sites is 3. The normalized spacial score (nSPS) is 10.5. The molecule has 0 aromatic heterocycles. The van der Waals surface area contributed by atoms with Crippen molar-refractivity contribution in [3.63, 3.8) is 0 Å². The highest BCUT2D eigenvalue weighted by molar-refractivity contribution is 6.23. The molecule has 152 valence electrons. The van der Waals surface area contributed by atoms with E-state index in [4.69, 9.17) is 16.2 Å². The van der Waals surface area contributed by atoms with Crippen LogP contribution < -0.4 is 16.2 Å². The van der Waals surface area contributed by atoms with Crippen LogP contribution in [0.4, 0.5) is 11.4 Å². The number of anilines is 2. The van der Waals surface area contributed by atoms with Gasteiger partial charge < -0.3 is 16.2 Å². The smallest absolute Gasteiger partial charge is 0.199 e. The van der Waals surface area contributed by atoms with E-state index in [1.54, 1.807) is 78.9 Å². The van der Waals surface area contributed by atoms with Crippen molar-refractivity contribution < 1.29 is 14.3 Å². The predicted molar refractivity (Wildman–Crippen MR) is 122 cm³/mol. The van der Waals surface area contributed by atoms with Crippen LogP contribution in [0.3, 0.4) is 0 Å². The summed E-state index contributed by atoms with van der Waals surface area (Å²) in [6.07, 6.45) is 0. The number of nitrogens with two attached hydrogens (primary N) is 2. The molecule has 0 aliphatic rings. The Morgan fingerprint density at radius 3 is 1.68 bits per heavy atom. The molecule has 0 saturated carbocycles. The molecular weight excluding hydrogens is 388 g/mol. The first-order valence-corrected chi connectivity index (χ1v) is 9.70. The number of rotatable bonds is 6. The number of carbonyl (C=O) groups excluding carboxylic acids is 2. The van der Waals surface area contributed by atoms with Gasteiger partial charge in [0.15, 0.2) is 11.6 Å². The van der Waals surface area contributed by atoms with E-state index in [2.05, 4.69) is 0 Å². The number of nitrogen functional groups attached to an aromatic ring is 2. The van der Waals surface area contributed by atoms with Gasteiger partial charge in [0, 0.05) is 28.1 Å². The molecule has 4 aromatic rings. The molecule has 0 atom stereocenters. The van der Waals surface area contributed by atoms with E-state index in [-0.39, 0.29) is 22.7 Å². The van der Waals surface area contributed by atoms with Gasteiger partial charge in [0.1, 0.15) is 11.5 Å². The SMILES string of the molecule is Nc1ccccc1C(=O)c1cccc(Oc2ccccc2)c1C(=O)c1ccccc1N. The van der Waals surface area contributed by atoms with Crippen molar-refractivity contribution in [2.45, 2.75) is 0 Å². The van der Waals surface area contributed by atoms with Gasteiger partial charge in [0.05, 0.1) is 5.56 Å². The monoisotopic (exact) mass is 408 g/mol. The number of ether oxygens (including phenoxy) is 1. The first-order chi connectivity index (χ1) is 15.1. The van der Waals surface area contributed by atoms with Crippen molar-refractivity contribution in [2.24, 2.45) is 0 Å². The van der Waals surface area contributed by atoms with Gasteiger partial charge in [-0.3, -0.25) is 9.59 Å². The Hall–Kier alpha value is -4.38. The predicted octanol–water partition coefficient (Wildman–Crippen LogP) is 5.11. The molecule has 0 saturated heterocycles. The van der Waals surface area contributed by atoms with E-state index in [9.17, 15) is 9.59 Å². The molecule has 0 amide bonds. The van der Waals surface area contributed by atoms with Gasteiger partial charge in [-0.15, -0.1) is 0 Å². The van der Waals surface area contributed by atoms with Crippen LogP contribution in [-0.2, 0) is 0 Å². The maximum atomic E-state index is 13.6. The molecule has 4 aromatic carbocycles. The molecule has 0 aliphatic carbocycles. The molecule has 0 spiro atoms. The summed E-state index contributed by atoms with van der Waals surface area (Å²) >= 11 is 0. The Kier molecular flexibility index (Phi) is 5.49. The summed E-state index contributed by atoms with van der Waals surface area (Å²) in [6.45, 7) is 0. The van der Waals surface area contributed by atoms with Crippen LogP contribution >= 0.6 is 0 Å². The number of hydrogen-bond donors (Lipinski definition) is 2. The van der Waals surface area contributed by atoms with Gasteiger partial charge in [-0.05, 0) is 42.5 Å². The van der Waals surface area contributed by atoms with E-state index in [1.165, 1.54) is 0 Å². The highest BCUT2D eigenvalue weighted by Gasteiger charge is 2.26. The molecule has 31 heavy (non-hydrogen) atoms. The molecule has 0 radical (unpaired) electrons. The molecule has 5 nitrogen and oxygen atoms in total. The first-order valence-electron chi connectivity index (χ1n) is 9.70. The van der Waals surface area contributed by atoms with E-state index < -0.39 is 5.78 Å². The zero-order valence-electron chi connectivity index (χ0n) is 16.6. The van der Waals surface area contributed by atoms with Gasteiger partial charge in [-0.2, -0.15) is 0 Å². The molecule has 4 rings (SSSR count). The van der Waals surface area contributed by atoms with Crippen LogP contribution in [0.5, 0.6) is 11.5 Å². The Bertz CT molecular complexity index is 1270. The Morgan fingerprint density at radius 2 is 1.06 bits per heavy atom. The minimum Gasteiger partial charge on any atom is -0.457 e. The van der Waals surface area contributed by atoms with Crippen LogP contribution in [0.15, 0.2) is 97.1 Å². The van der Waals surface area contributed by atoms with Gasteiger partial charge >= 0.3 is 0 Å². The molecule has 0 unspecified atom stereocenters. The molecule has 0 heterocycles. The zero-order chi connectivity index (χ0) is 21.8. The third-order valence-corrected chi connectivity index (χ3v) is 4.88. The maximum absolute atomic E-state index is 13.6. The molecule has 0 fully saturated rings. The fourth-order valence-electron chi connectivity index (χ4n) is 3.34. The summed E-state index contributed by atoms with van der Waals surface area (Å²) < 4.78 is 6.00. The van der Waals surface area contributed by atoms with Crippen molar-refractivity contribution in [3.8, 4) is 11.5 Å². The van der Waals surface area contributed by atoms with E-state index in [1.807, 2.05) is 18.2 Å². The fraction of sp³-hybridized carbons (Fsp3) is 0. The Labute approximate surface area is 179 Å². The fourth-order valence-corrected chi connectivity index (χ4v) is 3.34. The van der Waals surface area contributed by atoms with Crippen molar-refractivity contribution in [1.29, 1.82) is 0 Å². The lowest BCUT2D eigenvalue weighted by molar-refractivity contribution is 0.100. The molecule has 4 N–H and O–H groups in total. The summed E-state index contributed by atoms with van der Waals surface area (Å²) in [4.78, 5) is 27.0. The highest BCUT2D eigenvalue weighted by atomic mass is 16.5. The molecule has 5 heteroatoms. The second kappa shape index (κ2) is 8.55. The van der Waals surface area contributed by atoms with Gasteiger partial charge in [-0.1, -0.05) is 54.6 Å². The van der Waals surface area contributed by atoms with E-state index in [0.29, 0.717) is 28.3 Å². The summed E-state index contributed by atoms with van der Waals surface area (Å²) in [6, 6.07) is 27.5. The summed E-state index contributed by atoms with van der Waals surface area (Å²) in [5.74, 6) is 0.0400. The Balaban J connectivity index is 1.90. The number of benzene rings is 4. The topological polar surface area (TPSA) is 95.4 Å². The maximum Gasteiger partial charge on any atom is 0.199 e. The average Bonchev–Trinajstić information content (AvgIpc) is 2.79. The second-order valence-corrected chi connectivity index (χ2v) is 6.93. The number of carbonyl (C=O) groups is 2. The molecular formula is C26H20N2O3. The third kappa shape index (κ3) is 4.02. The summed E-state index contributed by atoms with van der Waals surface area (Å²) in [5, 5.41) is 0. The van der Waals surface area contributed by atoms with E-state index in [0.717, 1.165) is 0 Å². The zero-order valence-corrected chi connectivity index (χ0v) is 16.6. The molecule has 0 aliphatic heterocycles. The number of hydrogen-bond acceptors (Lipinski definition) is 5. The lowest BCUT2D eigenvalue weighted by atomic mass is 9.91. The number of ketones is 2. The first kappa shape index (κ1) is 19.9. The van der Waals surface area contributed by atoms with Crippen molar-refractivity contribution in [3.05, 3.63) is 119 Å². The minimum absolute atomic E-state index is 0.137. The summed E-state index contributed by atoms with van der Waals surface area (Å²) in [7, 11) is 0. The Morgan fingerprint density at radius 1 is 0.548 bits per heavy atom. The van der Waals surface area contributed by atoms with Gasteiger partial charge in [-0.25, -0.2) is 0 Å². The van der Waals surface area contributed by atoms with E-state index >= 15 is 0 Å². The van der Waals surface area contributed by atoms with Crippen LogP contribution in [0.1, 0.15) is 31.8 Å². The van der Waals surface area contributed by atoms with Crippen molar-refractivity contribution in [1.82, 2.24) is 0 Å². The lowest BCUT2D eigenvalue weighted by Gasteiger charge is -2.16. The second-order valence-electron chi connectivity index (χ2n) is 6.93. The van der Waals surface area contributed by atoms with Crippen LogP contribution in [0, 0.1) is 0 Å². The standard InChI is InChI=1S/C26H20N2O3/c27-21-14-6-4-11-18(21)25(29)20-13-8-16-23(31-17-9-2-1-3-10-17)24(20)26(30)19-12-5-7-15-22(19)28/h1-16H,27-28H2. The largest absolute Gasteiger partial charge is 0.457 e. The van der Waals surface area contributed by atoms with Crippen LogP contribution in [-0.4, -0.2) is 11.6 Å². The van der Waals surface area contributed by atoms with Gasteiger partial charge in [0.2, 0.25) is 0 Å². The third-order valence-electron chi connectivity index (χ3n) is 4.88. The van der Waals surface area contributed by atoms with Crippen molar-refractivity contribution in [2.75, 3.05) is 11.5 Å². The minimum atomic E-state index is -0.400. The van der Waals surface area contributed by atoms with Crippen LogP contribution in [0.25, 0.3) is 0 Å². The summed E-state index contributed by atoms with van der Waals surface area (Å²) in [5.41, 5.74) is 13.7. The van der Waals surface area contributed by atoms with Crippen molar-refractivity contribution >= 4 is 22.9 Å². The highest BCUT2D eigenvalue weighted by Crippen LogP contribution is 2.32. The lowest BCUT2D eigenvalue weighted by Crippen LogP contribution is -2.15.